The van der Waals surface area contributed by atoms with Gasteiger partial charge in [-0.15, -0.1) is 0 Å². The molecule has 148 valence electrons. The molecule has 1 aliphatic rings. The molecule has 2 amide bonds. The van der Waals surface area contributed by atoms with Gasteiger partial charge >= 0.3 is 5.97 Å². The molecular weight excluding hydrogens is 344 g/mol. The summed E-state index contributed by atoms with van der Waals surface area (Å²) in [6, 6.07) is 6.53. The van der Waals surface area contributed by atoms with Crippen LogP contribution in [0.3, 0.4) is 0 Å². The Bertz CT molecular complexity index is 681. The van der Waals surface area contributed by atoms with Crippen molar-refractivity contribution >= 4 is 17.8 Å². The lowest BCUT2D eigenvalue weighted by Gasteiger charge is -2.24. The fraction of sp³-hybridized carbons (Fsp3) is 0.571. The number of esters is 1. The molecule has 2 N–H and O–H groups in total. The highest BCUT2D eigenvalue weighted by molar-refractivity contribution is 5.98. The second-order valence-corrected chi connectivity index (χ2v) is 7.58. The zero-order valence-corrected chi connectivity index (χ0v) is 16.6. The Morgan fingerprint density at radius 2 is 1.70 bits per heavy atom. The average molecular weight is 374 g/mol. The number of nitrogens with one attached hydrogen (secondary N) is 2. The third-order valence-corrected chi connectivity index (χ3v) is 4.96. The number of carbonyl (C=O) groups is 3. The summed E-state index contributed by atoms with van der Waals surface area (Å²) in [5.74, 6) is -1.38. The largest absolute Gasteiger partial charge is 0.451 e. The highest BCUT2D eigenvalue weighted by Crippen LogP contribution is 2.18. The van der Waals surface area contributed by atoms with Crippen LogP contribution in [0.1, 0.15) is 62.4 Å². The Hall–Kier alpha value is -2.37. The van der Waals surface area contributed by atoms with Crippen molar-refractivity contribution in [3.8, 4) is 0 Å². The normalized spacial score (nSPS) is 16.6. The maximum absolute atomic E-state index is 12.6. The monoisotopic (exact) mass is 374 g/mol. The van der Waals surface area contributed by atoms with Crippen LogP contribution in [0.15, 0.2) is 24.3 Å². The number of ether oxygens (including phenoxy) is 1. The Kier molecular flexibility index (Phi) is 7.39. The van der Waals surface area contributed by atoms with Crippen LogP contribution in [-0.4, -0.2) is 36.0 Å². The van der Waals surface area contributed by atoms with Crippen LogP contribution in [0.5, 0.6) is 0 Å². The molecule has 1 aromatic rings. The zero-order valence-electron chi connectivity index (χ0n) is 16.6. The van der Waals surface area contributed by atoms with Crippen molar-refractivity contribution in [2.45, 2.75) is 71.6 Å². The molecule has 0 heterocycles. The third-order valence-electron chi connectivity index (χ3n) is 4.96. The minimum Gasteiger partial charge on any atom is -0.451 e. The fourth-order valence-corrected chi connectivity index (χ4v) is 3.23. The van der Waals surface area contributed by atoms with E-state index in [9.17, 15) is 14.4 Å². The number of hydrogen-bond donors (Lipinski definition) is 2. The lowest BCUT2D eigenvalue weighted by atomic mass is 10.0. The summed E-state index contributed by atoms with van der Waals surface area (Å²) in [6.45, 7) is 7.05. The smallest absolute Gasteiger partial charge is 0.329 e. The quantitative estimate of drug-likeness (QED) is 0.719. The van der Waals surface area contributed by atoms with Crippen molar-refractivity contribution in [3.63, 3.8) is 0 Å². The number of carbonyl (C=O) groups excluding carboxylic acids is 3. The fourth-order valence-electron chi connectivity index (χ4n) is 3.23. The standard InChI is InChI=1S/C21H30N2O4/c1-13(2)18(23-20(25)17-12-8-5-9-14(17)3)21(26)27-15(4)19(24)22-16-10-6-7-11-16/h5,8-9,12-13,15-16,18H,6-7,10-11H2,1-4H3,(H,22,24)(H,23,25). The summed E-state index contributed by atoms with van der Waals surface area (Å²) < 4.78 is 5.35. The molecule has 0 aliphatic heterocycles. The van der Waals surface area contributed by atoms with E-state index in [0.717, 1.165) is 31.2 Å². The van der Waals surface area contributed by atoms with Crippen LogP contribution in [0.2, 0.25) is 0 Å². The second-order valence-electron chi connectivity index (χ2n) is 7.58. The van der Waals surface area contributed by atoms with E-state index in [-0.39, 0.29) is 23.8 Å². The molecule has 0 aromatic heterocycles. The molecular formula is C21H30N2O4. The highest BCUT2D eigenvalue weighted by Gasteiger charge is 2.30. The second kappa shape index (κ2) is 9.53. The van der Waals surface area contributed by atoms with Crippen molar-refractivity contribution in [2.75, 3.05) is 0 Å². The number of benzene rings is 1. The summed E-state index contributed by atoms with van der Waals surface area (Å²) in [5, 5.41) is 5.67. The van der Waals surface area contributed by atoms with Crippen molar-refractivity contribution in [3.05, 3.63) is 35.4 Å². The number of amides is 2. The van der Waals surface area contributed by atoms with E-state index in [1.807, 2.05) is 32.9 Å². The van der Waals surface area contributed by atoms with Crippen molar-refractivity contribution in [1.29, 1.82) is 0 Å². The topological polar surface area (TPSA) is 84.5 Å². The first kappa shape index (κ1) is 20.9. The van der Waals surface area contributed by atoms with E-state index in [0.29, 0.717) is 5.56 Å². The summed E-state index contributed by atoms with van der Waals surface area (Å²) in [5.41, 5.74) is 1.35. The van der Waals surface area contributed by atoms with E-state index < -0.39 is 18.1 Å². The van der Waals surface area contributed by atoms with Crippen LogP contribution < -0.4 is 10.6 Å². The first-order chi connectivity index (χ1) is 12.8. The van der Waals surface area contributed by atoms with Crippen molar-refractivity contribution in [2.24, 2.45) is 5.92 Å². The first-order valence-corrected chi connectivity index (χ1v) is 9.67. The molecule has 1 fully saturated rings. The molecule has 0 saturated heterocycles. The Labute approximate surface area is 161 Å². The molecule has 6 heteroatoms. The maximum Gasteiger partial charge on any atom is 0.329 e. The molecule has 6 nitrogen and oxygen atoms in total. The lowest BCUT2D eigenvalue weighted by Crippen LogP contribution is -2.48. The summed E-state index contributed by atoms with van der Waals surface area (Å²) in [4.78, 5) is 37.3. The molecule has 2 atom stereocenters. The summed E-state index contributed by atoms with van der Waals surface area (Å²) in [6.07, 6.45) is 3.26. The molecule has 0 spiro atoms. The predicted octanol–water partition coefficient (Wildman–Crippen LogP) is 2.74. The van der Waals surface area contributed by atoms with E-state index in [2.05, 4.69) is 10.6 Å². The van der Waals surface area contributed by atoms with Gasteiger partial charge in [-0.2, -0.15) is 0 Å². The molecule has 1 aromatic carbocycles. The van der Waals surface area contributed by atoms with Gasteiger partial charge in [-0.05, 0) is 44.2 Å². The van der Waals surface area contributed by atoms with E-state index >= 15 is 0 Å². The Morgan fingerprint density at radius 1 is 1.07 bits per heavy atom. The van der Waals surface area contributed by atoms with Crippen molar-refractivity contribution < 1.29 is 19.1 Å². The van der Waals surface area contributed by atoms with Crippen LogP contribution in [0, 0.1) is 12.8 Å². The number of hydrogen-bond acceptors (Lipinski definition) is 4. The lowest BCUT2D eigenvalue weighted by molar-refractivity contribution is -0.157. The molecule has 0 radical (unpaired) electrons. The van der Waals surface area contributed by atoms with Gasteiger partial charge in [-0.3, -0.25) is 9.59 Å². The molecule has 1 saturated carbocycles. The number of aryl methyl sites for hydroxylation is 1. The number of rotatable bonds is 7. The summed E-state index contributed by atoms with van der Waals surface area (Å²) >= 11 is 0. The van der Waals surface area contributed by atoms with E-state index in [1.165, 1.54) is 0 Å². The zero-order chi connectivity index (χ0) is 20.0. The van der Waals surface area contributed by atoms with E-state index in [4.69, 9.17) is 4.74 Å². The van der Waals surface area contributed by atoms with Crippen LogP contribution >= 0.6 is 0 Å². The average Bonchev–Trinajstić information content (AvgIpc) is 3.12. The molecule has 2 unspecified atom stereocenters. The van der Waals surface area contributed by atoms with Gasteiger partial charge in [0.1, 0.15) is 6.04 Å². The molecule has 2 rings (SSSR count). The highest BCUT2D eigenvalue weighted by atomic mass is 16.5. The van der Waals surface area contributed by atoms with Gasteiger partial charge < -0.3 is 15.4 Å². The summed E-state index contributed by atoms with van der Waals surface area (Å²) in [7, 11) is 0. The predicted molar refractivity (Wildman–Crippen MR) is 103 cm³/mol. The van der Waals surface area contributed by atoms with E-state index in [1.54, 1.807) is 19.1 Å². The Morgan fingerprint density at radius 3 is 2.30 bits per heavy atom. The van der Waals surface area contributed by atoms with Crippen LogP contribution in [0.25, 0.3) is 0 Å². The maximum atomic E-state index is 12.6. The van der Waals surface area contributed by atoms with Crippen LogP contribution in [-0.2, 0) is 14.3 Å². The van der Waals surface area contributed by atoms with Crippen LogP contribution in [0.4, 0.5) is 0 Å². The van der Waals surface area contributed by atoms with Gasteiger partial charge in [0.2, 0.25) is 0 Å². The SMILES string of the molecule is Cc1ccccc1C(=O)NC(C(=O)OC(C)C(=O)NC1CCCC1)C(C)C. The van der Waals surface area contributed by atoms with Gasteiger partial charge in [0.25, 0.3) is 11.8 Å². The first-order valence-electron chi connectivity index (χ1n) is 9.67. The van der Waals surface area contributed by atoms with Gasteiger partial charge in [-0.1, -0.05) is 44.9 Å². The molecule has 0 bridgehead atoms. The molecule has 27 heavy (non-hydrogen) atoms. The molecule has 1 aliphatic carbocycles. The van der Waals surface area contributed by atoms with Gasteiger partial charge in [-0.25, -0.2) is 4.79 Å². The minimum atomic E-state index is -0.894. The van der Waals surface area contributed by atoms with Crippen molar-refractivity contribution in [1.82, 2.24) is 10.6 Å². The van der Waals surface area contributed by atoms with Gasteiger partial charge in [0.05, 0.1) is 0 Å². The minimum absolute atomic E-state index is 0.167. The van der Waals surface area contributed by atoms with Gasteiger partial charge in [0.15, 0.2) is 6.10 Å². The van der Waals surface area contributed by atoms with Gasteiger partial charge in [0, 0.05) is 11.6 Å². The Balaban J connectivity index is 1.96. The third kappa shape index (κ3) is 5.81.